The summed E-state index contributed by atoms with van der Waals surface area (Å²) in [5.74, 6) is 4.17. The highest BCUT2D eigenvalue weighted by molar-refractivity contribution is 7.99. The van der Waals surface area contributed by atoms with E-state index in [0.717, 1.165) is 23.6 Å². The first-order valence-corrected chi connectivity index (χ1v) is 6.81. The van der Waals surface area contributed by atoms with E-state index >= 15 is 0 Å². The molecule has 0 saturated heterocycles. The molecule has 0 bridgehead atoms. The van der Waals surface area contributed by atoms with Crippen molar-refractivity contribution < 1.29 is 4.39 Å². The molecule has 0 spiro atoms. The molecule has 1 nitrogen and oxygen atoms in total. The summed E-state index contributed by atoms with van der Waals surface area (Å²) in [6.07, 6.45) is 5.16. The smallest absolute Gasteiger partial charge is 0.126 e. The maximum absolute atomic E-state index is 13.4. The van der Waals surface area contributed by atoms with Crippen LogP contribution >= 0.6 is 11.8 Å². The fourth-order valence-corrected chi connectivity index (χ4v) is 2.00. The summed E-state index contributed by atoms with van der Waals surface area (Å²) in [6, 6.07) is 5.54. The van der Waals surface area contributed by atoms with Crippen LogP contribution in [0.1, 0.15) is 24.1 Å². The molecule has 1 rings (SSSR count). The maximum Gasteiger partial charge on any atom is 0.126 e. The van der Waals surface area contributed by atoms with Crippen LogP contribution in [0.15, 0.2) is 18.2 Å². The van der Waals surface area contributed by atoms with Gasteiger partial charge in [0, 0.05) is 18.3 Å². The molecule has 0 amide bonds. The van der Waals surface area contributed by atoms with E-state index in [0.29, 0.717) is 5.56 Å². The summed E-state index contributed by atoms with van der Waals surface area (Å²) in [6.45, 7) is 4.69. The Balaban J connectivity index is 2.39. The van der Waals surface area contributed by atoms with E-state index in [4.69, 9.17) is 6.42 Å². The second kappa shape index (κ2) is 7.37. The van der Waals surface area contributed by atoms with Crippen molar-refractivity contribution in [2.24, 2.45) is 0 Å². The molecule has 0 saturated carbocycles. The third kappa shape index (κ3) is 4.80. The number of benzene rings is 1. The number of hydrogen-bond donors (Lipinski definition) is 1. The van der Waals surface area contributed by atoms with E-state index in [1.807, 2.05) is 19.1 Å². The summed E-state index contributed by atoms with van der Waals surface area (Å²) < 4.78 is 13.4. The minimum atomic E-state index is -0.141. The lowest BCUT2D eigenvalue weighted by molar-refractivity contribution is 0.582. The van der Waals surface area contributed by atoms with Gasteiger partial charge in [0.2, 0.25) is 0 Å². The number of terminal acetylenes is 1. The normalized spacial score (nSPS) is 12.1. The molecule has 0 aliphatic rings. The van der Waals surface area contributed by atoms with Crippen molar-refractivity contribution in [3.8, 4) is 12.3 Å². The molecular formula is C14H18FNS. The number of aryl methyl sites for hydroxylation is 1. The minimum absolute atomic E-state index is 0.141. The Morgan fingerprint density at radius 1 is 1.53 bits per heavy atom. The summed E-state index contributed by atoms with van der Waals surface area (Å²) in [5, 5.41) is 3.35. The molecule has 1 atom stereocenters. The van der Waals surface area contributed by atoms with Crippen molar-refractivity contribution in [1.82, 2.24) is 5.32 Å². The van der Waals surface area contributed by atoms with Crippen molar-refractivity contribution >= 4 is 11.8 Å². The van der Waals surface area contributed by atoms with Gasteiger partial charge >= 0.3 is 0 Å². The van der Waals surface area contributed by atoms with E-state index in [2.05, 4.69) is 11.2 Å². The van der Waals surface area contributed by atoms with Crippen molar-refractivity contribution in [3.05, 3.63) is 35.1 Å². The third-order valence-corrected chi connectivity index (χ3v) is 3.44. The van der Waals surface area contributed by atoms with Crippen molar-refractivity contribution in [2.75, 3.05) is 18.1 Å². The van der Waals surface area contributed by atoms with Gasteiger partial charge in [-0.15, -0.1) is 18.2 Å². The lowest BCUT2D eigenvalue weighted by Crippen LogP contribution is -2.21. The number of halogens is 1. The molecule has 17 heavy (non-hydrogen) atoms. The van der Waals surface area contributed by atoms with Gasteiger partial charge in [-0.3, -0.25) is 0 Å². The van der Waals surface area contributed by atoms with Crippen molar-refractivity contribution in [2.45, 2.75) is 19.9 Å². The Morgan fingerprint density at radius 3 is 2.94 bits per heavy atom. The van der Waals surface area contributed by atoms with Gasteiger partial charge in [-0.2, -0.15) is 0 Å². The van der Waals surface area contributed by atoms with Crippen LogP contribution in [0.2, 0.25) is 0 Å². The Bertz CT molecular complexity index is 398. The first-order valence-electron chi connectivity index (χ1n) is 5.65. The van der Waals surface area contributed by atoms with Crippen LogP contribution in [0, 0.1) is 25.1 Å². The van der Waals surface area contributed by atoms with Crippen LogP contribution in [0.25, 0.3) is 0 Å². The largest absolute Gasteiger partial charge is 0.309 e. The van der Waals surface area contributed by atoms with E-state index < -0.39 is 0 Å². The molecule has 1 aromatic rings. The lowest BCUT2D eigenvalue weighted by Gasteiger charge is -2.14. The van der Waals surface area contributed by atoms with Crippen molar-refractivity contribution in [3.63, 3.8) is 0 Å². The Labute approximate surface area is 107 Å². The van der Waals surface area contributed by atoms with Gasteiger partial charge in [0.25, 0.3) is 0 Å². The SMILES string of the molecule is C#CCSCCNC(C)c1ccc(C)c(F)c1. The molecule has 92 valence electrons. The van der Waals surface area contributed by atoms with Crippen LogP contribution in [-0.2, 0) is 0 Å². The molecule has 1 unspecified atom stereocenters. The molecule has 1 N–H and O–H groups in total. The van der Waals surface area contributed by atoms with Gasteiger partial charge in [0.15, 0.2) is 0 Å². The second-order valence-corrected chi connectivity index (χ2v) is 5.05. The highest BCUT2D eigenvalue weighted by Crippen LogP contribution is 2.16. The molecule has 0 heterocycles. The lowest BCUT2D eigenvalue weighted by atomic mass is 10.1. The summed E-state index contributed by atoms with van der Waals surface area (Å²) >= 11 is 1.72. The Hall–Kier alpha value is -0.980. The predicted octanol–water partition coefficient (Wildman–Crippen LogP) is 3.15. The van der Waals surface area contributed by atoms with Gasteiger partial charge in [-0.05, 0) is 31.0 Å². The van der Waals surface area contributed by atoms with E-state index in [1.54, 1.807) is 24.8 Å². The Kier molecular flexibility index (Phi) is 6.10. The van der Waals surface area contributed by atoms with Crippen LogP contribution in [-0.4, -0.2) is 18.1 Å². The van der Waals surface area contributed by atoms with Crippen LogP contribution in [0.4, 0.5) is 4.39 Å². The molecule has 3 heteroatoms. The molecule has 1 aromatic carbocycles. The Morgan fingerprint density at radius 2 is 2.29 bits per heavy atom. The average Bonchev–Trinajstić information content (AvgIpc) is 2.32. The average molecular weight is 251 g/mol. The quantitative estimate of drug-likeness (QED) is 0.616. The molecule has 0 radical (unpaired) electrons. The van der Waals surface area contributed by atoms with Gasteiger partial charge < -0.3 is 5.32 Å². The molecule has 0 aliphatic carbocycles. The van der Waals surface area contributed by atoms with E-state index in [1.165, 1.54) is 0 Å². The first-order chi connectivity index (χ1) is 8.15. The number of rotatable bonds is 6. The minimum Gasteiger partial charge on any atom is -0.309 e. The zero-order chi connectivity index (χ0) is 12.7. The highest BCUT2D eigenvalue weighted by atomic mass is 32.2. The van der Waals surface area contributed by atoms with Gasteiger partial charge in [0.1, 0.15) is 5.82 Å². The topological polar surface area (TPSA) is 12.0 Å². The second-order valence-electron chi connectivity index (χ2n) is 3.94. The summed E-state index contributed by atoms with van der Waals surface area (Å²) in [4.78, 5) is 0. The number of hydrogen-bond acceptors (Lipinski definition) is 2. The molecule has 0 aliphatic heterocycles. The maximum atomic E-state index is 13.4. The monoisotopic (exact) mass is 251 g/mol. The van der Waals surface area contributed by atoms with Gasteiger partial charge in [0.05, 0.1) is 5.75 Å². The van der Waals surface area contributed by atoms with Gasteiger partial charge in [-0.25, -0.2) is 4.39 Å². The zero-order valence-corrected chi connectivity index (χ0v) is 11.1. The number of nitrogens with one attached hydrogen (secondary N) is 1. The van der Waals surface area contributed by atoms with E-state index in [9.17, 15) is 4.39 Å². The molecule has 0 aromatic heterocycles. The third-order valence-electron chi connectivity index (χ3n) is 2.58. The standard InChI is InChI=1S/C14H18FNS/c1-4-8-17-9-7-16-12(3)13-6-5-11(2)14(15)10-13/h1,5-6,10,12,16H,7-9H2,2-3H3. The predicted molar refractivity (Wildman–Crippen MR) is 73.7 cm³/mol. The van der Waals surface area contributed by atoms with Crippen LogP contribution in [0.5, 0.6) is 0 Å². The first kappa shape index (κ1) is 14.1. The van der Waals surface area contributed by atoms with E-state index in [-0.39, 0.29) is 11.9 Å². The fraction of sp³-hybridized carbons (Fsp3) is 0.429. The highest BCUT2D eigenvalue weighted by Gasteiger charge is 2.06. The summed E-state index contributed by atoms with van der Waals surface area (Å²) in [7, 11) is 0. The number of thioether (sulfide) groups is 1. The van der Waals surface area contributed by atoms with Crippen LogP contribution in [0.3, 0.4) is 0 Å². The van der Waals surface area contributed by atoms with Crippen molar-refractivity contribution in [1.29, 1.82) is 0 Å². The summed E-state index contributed by atoms with van der Waals surface area (Å²) in [5.41, 5.74) is 1.67. The zero-order valence-electron chi connectivity index (χ0n) is 10.3. The van der Waals surface area contributed by atoms with Crippen LogP contribution < -0.4 is 5.32 Å². The van der Waals surface area contributed by atoms with Gasteiger partial charge in [-0.1, -0.05) is 18.1 Å². The molecule has 0 fully saturated rings. The fourth-order valence-electron chi connectivity index (χ4n) is 1.47. The molecular weight excluding hydrogens is 233 g/mol.